The van der Waals surface area contributed by atoms with E-state index in [0.717, 1.165) is 10.6 Å². The van der Waals surface area contributed by atoms with Crippen molar-refractivity contribution >= 4 is 28.5 Å². The zero-order valence-corrected chi connectivity index (χ0v) is 11.2. The molecule has 2 amide bonds. The first-order valence-corrected chi connectivity index (χ1v) is 6.59. The summed E-state index contributed by atoms with van der Waals surface area (Å²) in [7, 11) is 0. The molecule has 1 N–H and O–H groups in total. The fourth-order valence-corrected chi connectivity index (χ4v) is 2.84. The number of fused-ring (bicyclic) bond motifs is 1. The van der Waals surface area contributed by atoms with E-state index in [2.05, 4.69) is 10.3 Å². The zero-order chi connectivity index (χ0) is 13.1. The molecule has 2 heterocycles. The van der Waals surface area contributed by atoms with Crippen LogP contribution < -0.4 is 5.32 Å². The van der Waals surface area contributed by atoms with Crippen LogP contribution in [0.15, 0.2) is 0 Å². The van der Waals surface area contributed by atoms with Crippen LogP contribution in [0, 0.1) is 0 Å². The van der Waals surface area contributed by atoms with Gasteiger partial charge in [0, 0.05) is 24.8 Å². The number of rotatable bonds is 2. The summed E-state index contributed by atoms with van der Waals surface area (Å²) in [5.74, 6) is -0.136. The Hall–Kier alpha value is -1.63. The van der Waals surface area contributed by atoms with Crippen molar-refractivity contribution in [1.29, 1.82) is 0 Å². The van der Waals surface area contributed by atoms with Gasteiger partial charge in [0.1, 0.15) is 0 Å². The van der Waals surface area contributed by atoms with Crippen molar-refractivity contribution in [3.63, 3.8) is 0 Å². The predicted molar refractivity (Wildman–Crippen MR) is 67.6 cm³/mol. The third-order valence-corrected chi connectivity index (χ3v) is 3.54. The van der Waals surface area contributed by atoms with Crippen molar-refractivity contribution in [2.24, 2.45) is 0 Å². The summed E-state index contributed by atoms with van der Waals surface area (Å²) >= 11 is 1.41. The number of carbonyl (C=O) groups is 2. The smallest absolute Gasteiger partial charge is 0.410 e. The van der Waals surface area contributed by atoms with Gasteiger partial charge in [-0.05, 0) is 6.92 Å². The van der Waals surface area contributed by atoms with Crippen LogP contribution in [0.25, 0.3) is 0 Å². The second kappa shape index (κ2) is 5.34. The first-order valence-electron chi connectivity index (χ1n) is 5.78. The summed E-state index contributed by atoms with van der Waals surface area (Å²) in [6, 6.07) is 0. The van der Waals surface area contributed by atoms with Crippen LogP contribution in [0.1, 0.15) is 24.4 Å². The number of thiazole rings is 1. The molecule has 0 bridgehead atoms. The highest BCUT2D eigenvalue weighted by Crippen LogP contribution is 2.28. The highest BCUT2D eigenvalue weighted by Gasteiger charge is 2.24. The average Bonchev–Trinajstić information content (AvgIpc) is 2.69. The Labute approximate surface area is 109 Å². The standard InChI is InChI=1S/C11H15N3O3S/c1-3-17-11(16)14-5-4-8-9(6-14)18-10(13-8)12-7(2)15/h3-6H2,1-2H3,(H,12,13,15). The SMILES string of the molecule is CCOC(=O)N1CCc2nc(NC(C)=O)sc2C1. The van der Waals surface area contributed by atoms with E-state index in [4.69, 9.17) is 4.74 Å². The zero-order valence-electron chi connectivity index (χ0n) is 10.4. The maximum absolute atomic E-state index is 11.6. The summed E-state index contributed by atoms with van der Waals surface area (Å²) in [5, 5.41) is 3.26. The molecule has 0 unspecified atom stereocenters. The summed E-state index contributed by atoms with van der Waals surface area (Å²) in [4.78, 5) is 29.6. The first-order chi connectivity index (χ1) is 8.60. The lowest BCUT2D eigenvalue weighted by Crippen LogP contribution is -2.35. The maximum atomic E-state index is 11.6. The van der Waals surface area contributed by atoms with Crippen LogP contribution in [0.2, 0.25) is 0 Å². The molecule has 1 aliphatic heterocycles. The number of hydrogen-bond donors (Lipinski definition) is 1. The molecule has 1 aromatic heterocycles. The monoisotopic (exact) mass is 269 g/mol. The normalized spacial score (nSPS) is 14.0. The van der Waals surface area contributed by atoms with Gasteiger partial charge in [-0.2, -0.15) is 0 Å². The number of nitrogens with zero attached hydrogens (tertiary/aromatic N) is 2. The van der Waals surface area contributed by atoms with E-state index < -0.39 is 0 Å². The Morgan fingerprint density at radius 3 is 3.00 bits per heavy atom. The predicted octanol–water partition coefficient (Wildman–Crippen LogP) is 1.62. The number of anilines is 1. The van der Waals surface area contributed by atoms with Gasteiger partial charge in [0.2, 0.25) is 5.91 Å². The lowest BCUT2D eigenvalue weighted by atomic mass is 10.2. The lowest BCUT2D eigenvalue weighted by Gasteiger charge is -2.24. The quantitative estimate of drug-likeness (QED) is 0.885. The van der Waals surface area contributed by atoms with E-state index in [9.17, 15) is 9.59 Å². The molecular formula is C11H15N3O3S. The fourth-order valence-electron chi connectivity index (χ4n) is 1.77. The minimum atomic E-state index is -0.294. The molecule has 0 saturated carbocycles. The summed E-state index contributed by atoms with van der Waals surface area (Å²) in [6.45, 7) is 4.72. The van der Waals surface area contributed by atoms with Gasteiger partial charge < -0.3 is 15.0 Å². The van der Waals surface area contributed by atoms with Crippen LogP contribution in [0.3, 0.4) is 0 Å². The molecule has 18 heavy (non-hydrogen) atoms. The van der Waals surface area contributed by atoms with Crippen LogP contribution in [-0.4, -0.2) is 35.0 Å². The van der Waals surface area contributed by atoms with Crippen molar-refractivity contribution in [1.82, 2.24) is 9.88 Å². The third kappa shape index (κ3) is 2.79. The van der Waals surface area contributed by atoms with Gasteiger partial charge in [-0.15, -0.1) is 0 Å². The van der Waals surface area contributed by atoms with Crippen molar-refractivity contribution in [2.75, 3.05) is 18.5 Å². The summed E-state index contributed by atoms with van der Waals surface area (Å²) in [5.41, 5.74) is 0.962. The lowest BCUT2D eigenvalue weighted by molar-refractivity contribution is -0.114. The van der Waals surface area contributed by atoms with Gasteiger partial charge in [0.15, 0.2) is 5.13 Å². The largest absolute Gasteiger partial charge is 0.450 e. The molecule has 98 valence electrons. The minimum absolute atomic E-state index is 0.136. The van der Waals surface area contributed by atoms with Gasteiger partial charge in [-0.3, -0.25) is 4.79 Å². The van der Waals surface area contributed by atoms with Gasteiger partial charge >= 0.3 is 6.09 Å². The van der Waals surface area contributed by atoms with Crippen LogP contribution in [0.4, 0.5) is 9.93 Å². The maximum Gasteiger partial charge on any atom is 0.410 e. The van der Waals surface area contributed by atoms with Crippen molar-refractivity contribution in [3.8, 4) is 0 Å². The molecule has 0 atom stereocenters. The number of aromatic nitrogens is 1. The number of amides is 2. The highest BCUT2D eigenvalue weighted by molar-refractivity contribution is 7.15. The molecule has 0 aromatic carbocycles. The van der Waals surface area contributed by atoms with E-state index in [0.29, 0.717) is 31.2 Å². The molecule has 0 saturated heterocycles. The fraction of sp³-hybridized carbons (Fsp3) is 0.545. The molecule has 7 heteroatoms. The van der Waals surface area contributed by atoms with Crippen LogP contribution in [0.5, 0.6) is 0 Å². The molecule has 0 aliphatic carbocycles. The van der Waals surface area contributed by atoms with E-state index in [1.807, 2.05) is 0 Å². The number of hydrogen-bond acceptors (Lipinski definition) is 5. The van der Waals surface area contributed by atoms with Crippen molar-refractivity contribution in [3.05, 3.63) is 10.6 Å². The second-order valence-corrected chi connectivity index (χ2v) is 5.02. The van der Waals surface area contributed by atoms with E-state index in [-0.39, 0.29) is 12.0 Å². The number of nitrogens with one attached hydrogen (secondary N) is 1. The van der Waals surface area contributed by atoms with Gasteiger partial charge in [-0.25, -0.2) is 9.78 Å². The van der Waals surface area contributed by atoms with Crippen LogP contribution >= 0.6 is 11.3 Å². The molecule has 0 spiro atoms. The molecule has 2 rings (SSSR count). The molecular weight excluding hydrogens is 254 g/mol. The van der Waals surface area contributed by atoms with Gasteiger partial charge in [-0.1, -0.05) is 11.3 Å². The second-order valence-electron chi connectivity index (χ2n) is 3.94. The Morgan fingerprint density at radius 2 is 2.33 bits per heavy atom. The van der Waals surface area contributed by atoms with Crippen LogP contribution in [-0.2, 0) is 22.5 Å². The summed E-state index contributed by atoms with van der Waals surface area (Å²) in [6.07, 6.45) is 0.405. The minimum Gasteiger partial charge on any atom is -0.450 e. The Bertz CT molecular complexity index is 472. The number of carbonyl (C=O) groups excluding carboxylic acids is 2. The van der Waals surface area contributed by atoms with Crippen molar-refractivity contribution < 1.29 is 14.3 Å². The first kappa shape index (κ1) is 12.8. The topological polar surface area (TPSA) is 71.5 Å². The molecule has 1 aliphatic rings. The van der Waals surface area contributed by atoms with E-state index in [1.165, 1.54) is 18.3 Å². The average molecular weight is 269 g/mol. The molecule has 6 nitrogen and oxygen atoms in total. The third-order valence-electron chi connectivity index (χ3n) is 2.54. The van der Waals surface area contributed by atoms with Crippen molar-refractivity contribution in [2.45, 2.75) is 26.8 Å². The van der Waals surface area contributed by atoms with E-state index >= 15 is 0 Å². The van der Waals surface area contributed by atoms with E-state index in [1.54, 1.807) is 11.8 Å². The Kier molecular flexibility index (Phi) is 3.81. The molecule has 0 fully saturated rings. The Morgan fingerprint density at radius 1 is 1.56 bits per heavy atom. The summed E-state index contributed by atoms with van der Waals surface area (Å²) < 4.78 is 4.97. The number of ether oxygens (including phenoxy) is 1. The highest BCUT2D eigenvalue weighted by atomic mass is 32.1. The van der Waals surface area contributed by atoms with Gasteiger partial charge in [0.25, 0.3) is 0 Å². The molecule has 0 radical (unpaired) electrons. The Balaban J connectivity index is 2.07. The molecule has 1 aromatic rings. The van der Waals surface area contributed by atoms with Gasteiger partial charge in [0.05, 0.1) is 18.8 Å².